The first-order chi connectivity index (χ1) is 11.8. The molecule has 3 nitrogen and oxygen atoms in total. The molecule has 1 aliphatic rings. The highest BCUT2D eigenvalue weighted by Gasteiger charge is 2.30. The summed E-state index contributed by atoms with van der Waals surface area (Å²) in [4.78, 5) is 20.3. The van der Waals surface area contributed by atoms with E-state index < -0.39 is 0 Å². The van der Waals surface area contributed by atoms with Gasteiger partial charge in [-0.05, 0) is 29.3 Å². The molecule has 2 aromatic rings. The fraction of sp³-hybridized carbons (Fsp3) is 0.222. The zero-order valence-electron chi connectivity index (χ0n) is 13.3. The number of thioether (sulfide) groups is 2. The maximum absolute atomic E-state index is 12.8. The molecule has 1 aromatic heterocycles. The average molecular weight is 375 g/mol. The topological polar surface area (TPSA) is 32.7 Å². The van der Waals surface area contributed by atoms with Crippen molar-refractivity contribution in [3.8, 4) is 0 Å². The average Bonchev–Trinajstić information content (AvgIpc) is 3.20. The van der Waals surface area contributed by atoms with Crippen molar-refractivity contribution in [3.63, 3.8) is 0 Å². The molecule has 0 N–H and O–H groups in total. The van der Waals surface area contributed by atoms with Crippen LogP contribution in [0.2, 0.25) is 0 Å². The second kappa shape index (κ2) is 8.55. The molecule has 0 radical (unpaired) electrons. The normalized spacial score (nSPS) is 16.0. The van der Waals surface area contributed by atoms with Crippen molar-refractivity contribution >= 4 is 52.0 Å². The molecule has 6 heteroatoms. The fourth-order valence-corrected chi connectivity index (χ4v) is 4.57. The van der Waals surface area contributed by atoms with Gasteiger partial charge < -0.3 is 0 Å². The molecule has 0 aliphatic carbocycles. The predicted octanol–water partition coefficient (Wildman–Crippen LogP) is 4.58. The van der Waals surface area contributed by atoms with Crippen LogP contribution in [0.3, 0.4) is 0 Å². The van der Waals surface area contributed by atoms with Crippen LogP contribution >= 0.6 is 34.9 Å². The maximum Gasteiger partial charge on any atom is 0.278 e. The van der Waals surface area contributed by atoms with Gasteiger partial charge in [0, 0.05) is 16.4 Å². The van der Waals surface area contributed by atoms with Gasteiger partial charge in [0.05, 0.1) is 6.54 Å². The Balaban J connectivity index is 1.82. The summed E-state index contributed by atoms with van der Waals surface area (Å²) >= 11 is 5.07. The second-order valence-corrected chi connectivity index (χ2v) is 8.18. The van der Waals surface area contributed by atoms with Crippen molar-refractivity contribution in [2.75, 3.05) is 17.8 Å². The van der Waals surface area contributed by atoms with Crippen molar-refractivity contribution in [3.05, 3.63) is 64.0 Å². The van der Waals surface area contributed by atoms with E-state index in [-0.39, 0.29) is 5.91 Å². The highest BCUT2D eigenvalue weighted by atomic mass is 32.2. The van der Waals surface area contributed by atoms with Gasteiger partial charge in [-0.25, -0.2) is 4.99 Å². The lowest BCUT2D eigenvalue weighted by Gasteiger charge is -2.17. The van der Waals surface area contributed by atoms with Crippen molar-refractivity contribution < 1.29 is 4.79 Å². The molecule has 0 spiro atoms. The Bertz CT molecular complexity index is 739. The number of carbonyl (C=O) groups excluding carboxylic acids is 1. The third-order valence-electron chi connectivity index (χ3n) is 3.44. The SMILES string of the molecule is CSCCSC1=N/C(=C\c2cccs2)C(=O)N1Cc1ccccc1. The molecule has 2 heterocycles. The van der Waals surface area contributed by atoms with Gasteiger partial charge in [-0.1, -0.05) is 48.2 Å². The van der Waals surface area contributed by atoms with E-state index in [2.05, 4.69) is 11.2 Å². The molecule has 0 saturated carbocycles. The predicted molar refractivity (Wildman–Crippen MR) is 108 cm³/mol. The number of nitrogens with zero attached hydrogens (tertiary/aromatic N) is 2. The number of amidine groups is 1. The number of carbonyl (C=O) groups is 1. The van der Waals surface area contributed by atoms with E-state index in [0.29, 0.717) is 12.2 Å². The Labute approximate surface area is 154 Å². The molecule has 124 valence electrons. The van der Waals surface area contributed by atoms with Gasteiger partial charge in [0.15, 0.2) is 5.17 Å². The van der Waals surface area contributed by atoms with Crippen LogP contribution in [-0.2, 0) is 11.3 Å². The number of hydrogen-bond donors (Lipinski definition) is 0. The molecule has 3 rings (SSSR count). The molecule has 1 amide bonds. The van der Waals surface area contributed by atoms with E-state index in [4.69, 9.17) is 0 Å². The van der Waals surface area contributed by atoms with E-state index in [1.807, 2.05) is 53.9 Å². The molecule has 1 aromatic carbocycles. The van der Waals surface area contributed by atoms with E-state index >= 15 is 0 Å². The molecule has 0 atom stereocenters. The number of hydrogen-bond acceptors (Lipinski definition) is 5. The summed E-state index contributed by atoms with van der Waals surface area (Å²) in [6.07, 6.45) is 3.97. The van der Waals surface area contributed by atoms with Gasteiger partial charge in [0.25, 0.3) is 5.91 Å². The minimum absolute atomic E-state index is 0.0149. The Morgan fingerprint density at radius 3 is 2.71 bits per heavy atom. The van der Waals surface area contributed by atoms with Gasteiger partial charge in [-0.15, -0.1) is 11.3 Å². The number of thiophene rings is 1. The zero-order valence-corrected chi connectivity index (χ0v) is 15.8. The van der Waals surface area contributed by atoms with Crippen LogP contribution in [0.5, 0.6) is 0 Å². The van der Waals surface area contributed by atoms with E-state index in [1.165, 1.54) is 0 Å². The third kappa shape index (κ3) is 4.32. The van der Waals surface area contributed by atoms with Gasteiger partial charge >= 0.3 is 0 Å². The number of rotatable bonds is 6. The first-order valence-corrected chi connectivity index (χ1v) is 10.9. The van der Waals surface area contributed by atoms with Crippen LogP contribution < -0.4 is 0 Å². The van der Waals surface area contributed by atoms with Crippen LogP contribution in [0.25, 0.3) is 6.08 Å². The lowest BCUT2D eigenvalue weighted by Crippen LogP contribution is -2.30. The van der Waals surface area contributed by atoms with Crippen LogP contribution in [0.15, 0.2) is 58.5 Å². The minimum atomic E-state index is -0.0149. The lowest BCUT2D eigenvalue weighted by atomic mass is 10.2. The monoisotopic (exact) mass is 374 g/mol. The Kier molecular flexibility index (Phi) is 6.18. The van der Waals surface area contributed by atoms with Crippen molar-refractivity contribution in [1.82, 2.24) is 4.90 Å². The minimum Gasteiger partial charge on any atom is -0.281 e. The van der Waals surface area contributed by atoms with Gasteiger partial charge in [0.1, 0.15) is 5.70 Å². The Hall–Kier alpha value is -1.50. The largest absolute Gasteiger partial charge is 0.281 e. The molecule has 1 aliphatic heterocycles. The maximum atomic E-state index is 12.8. The van der Waals surface area contributed by atoms with Gasteiger partial charge in [-0.2, -0.15) is 11.8 Å². The summed E-state index contributed by atoms with van der Waals surface area (Å²) in [7, 11) is 0. The van der Waals surface area contributed by atoms with Crippen molar-refractivity contribution in [2.24, 2.45) is 4.99 Å². The summed E-state index contributed by atoms with van der Waals surface area (Å²) < 4.78 is 0. The molecule has 0 bridgehead atoms. The lowest BCUT2D eigenvalue weighted by molar-refractivity contribution is -0.122. The van der Waals surface area contributed by atoms with Gasteiger partial charge in [0.2, 0.25) is 0 Å². The van der Waals surface area contributed by atoms with Crippen LogP contribution in [0, 0.1) is 0 Å². The quantitative estimate of drug-likeness (QED) is 0.548. The van der Waals surface area contributed by atoms with Crippen molar-refractivity contribution in [1.29, 1.82) is 0 Å². The molecule has 24 heavy (non-hydrogen) atoms. The third-order valence-corrected chi connectivity index (χ3v) is 6.10. The first-order valence-electron chi connectivity index (χ1n) is 7.59. The smallest absolute Gasteiger partial charge is 0.278 e. The molecule has 0 saturated heterocycles. The molecule has 0 unspecified atom stereocenters. The zero-order chi connectivity index (χ0) is 16.8. The van der Waals surface area contributed by atoms with E-state index in [1.54, 1.807) is 39.8 Å². The van der Waals surface area contributed by atoms with Gasteiger partial charge in [-0.3, -0.25) is 9.69 Å². The number of benzene rings is 1. The summed E-state index contributed by atoms with van der Waals surface area (Å²) in [5, 5.41) is 2.81. The Morgan fingerprint density at radius 2 is 2.00 bits per heavy atom. The fourth-order valence-electron chi connectivity index (χ4n) is 2.27. The van der Waals surface area contributed by atoms with Crippen molar-refractivity contribution in [2.45, 2.75) is 6.54 Å². The number of amides is 1. The number of aliphatic imine (C=N–C) groups is 1. The first kappa shape index (κ1) is 17.3. The second-order valence-electron chi connectivity index (χ2n) is 5.16. The molecular formula is C18H18N2OS3. The molecule has 0 fully saturated rings. The van der Waals surface area contributed by atoms with Crippen LogP contribution in [0.1, 0.15) is 10.4 Å². The summed E-state index contributed by atoms with van der Waals surface area (Å²) in [6, 6.07) is 14.0. The Morgan fingerprint density at radius 1 is 1.17 bits per heavy atom. The van der Waals surface area contributed by atoms with E-state index in [0.717, 1.165) is 27.1 Å². The standard InChI is InChI=1S/C18H18N2OS3/c1-22-10-11-24-18-19-16(12-15-8-5-9-23-15)17(21)20(18)13-14-6-3-2-4-7-14/h2-9,12H,10-11,13H2,1H3/b16-12-. The summed E-state index contributed by atoms with van der Waals surface area (Å²) in [6.45, 7) is 0.562. The van der Waals surface area contributed by atoms with Crippen LogP contribution in [0.4, 0.5) is 0 Å². The van der Waals surface area contributed by atoms with Crippen LogP contribution in [-0.4, -0.2) is 33.7 Å². The highest BCUT2D eigenvalue weighted by Crippen LogP contribution is 2.27. The summed E-state index contributed by atoms with van der Waals surface area (Å²) in [5.41, 5.74) is 1.64. The molecular weight excluding hydrogens is 356 g/mol. The van der Waals surface area contributed by atoms with E-state index in [9.17, 15) is 4.79 Å². The summed E-state index contributed by atoms with van der Waals surface area (Å²) in [5.74, 6) is 1.98. The highest BCUT2D eigenvalue weighted by molar-refractivity contribution is 8.14.